The number of alkyl halides is 1. The van der Waals surface area contributed by atoms with Crippen LogP contribution < -0.4 is 0 Å². The highest BCUT2D eigenvalue weighted by Gasteiger charge is 2.51. The lowest BCUT2D eigenvalue weighted by Crippen LogP contribution is -2.64. The van der Waals surface area contributed by atoms with E-state index in [0.29, 0.717) is 24.6 Å². The monoisotopic (exact) mass is 582 g/mol. The van der Waals surface area contributed by atoms with Gasteiger partial charge in [-0.05, 0) is 65.5 Å². The number of aliphatic hydroxyl groups is 1. The summed E-state index contributed by atoms with van der Waals surface area (Å²) in [6.07, 6.45) is 4.93. The standard InChI is InChI=1S/C29H51ClN6O4/c1-29(2,37)18-39-21-9-24(27-20(11-31)13-34(5)36(27)17-21)19-7-8-26(32(3)12-19)35-15-23(16-35)40-22-10-25(30)28(38-6)33(4)14-22/h19-28,37H,7-10,12-18H2,1-6H3. The van der Waals surface area contributed by atoms with E-state index in [4.69, 9.17) is 25.8 Å². The number of hydrogen-bond acceptors (Lipinski definition) is 10. The highest BCUT2D eigenvalue weighted by molar-refractivity contribution is 6.21. The Hall–Kier alpha value is -0.580. The van der Waals surface area contributed by atoms with Crippen molar-refractivity contribution in [3.63, 3.8) is 0 Å². The van der Waals surface area contributed by atoms with Crippen LogP contribution in [0.4, 0.5) is 0 Å². The van der Waals surface area contributed by atoms with Gasteiger partial charge in [0, 0.05) is 59.5 Å². The first kappa shape index (κ1) is 30.9. The van der Waals surface area contributed by atoms with E-state index < -0.39 is 5.60 Å². The molecular formula is C29H51ClN6O4. The summed E-state index contributed by atoms with van der Waals surface area (Å²) in [5, 5.41) is 24.8. The Kier molecular flexibility index (Phi) is 9.70. The van der Waals surface area contributed by atoms with E-state index >= 15 is 0 Å². The van der Waals surface area contributed by atoms with Crippen LogP contribution in [-0.2, 0) is 14.2 Å². The van der Waals surface area contributed by atoms with Gasteiger partial charge in [0.2, 0.25) is 0 Å². The summed E-state index contributed by atoms with van der Waals surface area (Å²) in [5.41, 5.74) is -0.847. The van der Waals surface area contributed by atoms with E-state index in [0.717, 1.165) is 65.0 Å². The van der Waals surface area contributed by atoms with E-state index in [1.807, 2.05) is 0 Å². The van der Waals surface area contributed by atoms with Crippen molar-refractivity contribution in [1.29, 1.82) is 5.26 Å². The minimum Gasteiger partial charge on any atom is -0.388 e. The second-order valence-electron chi connectivity index (χ2n) is 13.7. The maximum absolute atomic E-state index is 10.3. The zero-order chi connectivity index (χ0) is 28.8. The molecule has 228 valence electrons. The minimum absolute atomic E-state index is 0.0205. The van der Waals surface area contributed by atoms with Gasteiger partial charge in [-0.15, -0.1) is 11.6 Å². The van der Waals surface area contributed by atoms with Crippen LogP contribution in [0.3, 0.4) is 0 Å². The number of likely N-dealkylation sites (tertiary alicyclic amines) is 3. The van der Waals surface area contributed by atoms with Crippen LogP contribution in [0.25, 0.3) is 0 Å². The Labute approximate surface area is 246 Å². The van der Waals surface area contributed by atoms with Crippen molar-refractivity contribution in [1.82, 2.24) is 24.7 Å². The fourth-order valence-electron chi connectivity index (χ4n) is 8.09. The first-order valence-electron chi connectivity index (χ1n) is 15.2. The number of halogens is 1. The second-order valence-corrected chi connectivity index (χ2v) is 14.3. The van der Waals surface area contributed by atoms with E-state index in [1.165, 1.54) is 0 Å². The molecule has 5 saturated heterocycles. The zero-order valence-corrected chi connectivity index (χ0v) is 26.0. The van der Waals surface area contributed by atoms with Gasteiger partial charge in [0.05, 0.1) is 54.0 Å². The van der Waals surface area contributed by atoms with Gasteiger partial charge in [-0.25, -0.2) is 10.0 Å². The number of likely N-dealkylation sites (N-methyl/N-ethyl adjacent to an activating group) is 1. The number of piperidine rings is 3. The number of ether oxygens (including phenoxy) is 3. The fourth-order valence-corrected chi connectivity index (χ4v) is 8.58. The van der Waals surface area contributed by atoms with Gasteiger partial charge < -0.3 is 19.3 Å². The molecule has 0 bridgehead atoms. The Bertz CT molecular complexity index is 885. The first-order chi connectivity index (χ1) is 19.0. The average molecular weight is 583 g/mol. The quantitative estimate of drug-likeness (QED) is 0.425. The van der Waals surface area contributed by atoms with Crippen molar-refractivity contribution >= 4 is 11.6 Å². The SMILES string of the molecule is COC1C(Cl)CC(OC2CN(C3CCC(C4CC(OCC(C)(C)O)CN5C4C(C#N)CN5C)CN3C)C2)CN1C. The van der Waals surface area contributed by atoms with Gasteiger partial charge >= 0.3 is 0 Å². The molecule has 9 unspecified atom stereocenters. The van der Waals surface area contributed by atoms with Crippen LogP contribution in [0, 0.1) is 29.1 Å². The van der Waals surface area contributed by atoms with Crippen LogP contribution in [-0.4, -0.2) is 152 Å². The third kappa shape index (κ3) is 6.65. The Balaban J connectivity index is 1.15. The van der Waals surface area contributed by atoms with Crippen molar-refractivity contribution in [3.8, 4) is 6.07 Å². The van der Waals surface area contributed by atoms with Crippen molar-refractivity contribution in [2.45, 2.75) is 87.3 Å². The van der Waals surface area contributed by atoms with Crippen LogP contribution in [0.15, 0.2) is 0 Å². The Morgan fingerprint density at radius 2 is 1.70 bits per heavy atom. The highest BCUT2D eigenvalue weighted by Crippen LogP contribution is 2.43. The van der Waals surface area contributed by atoms with E-state index in [1.54, 1.807) is 21.0 Å². The normalized spacial score (nSPS) is 41.5. The number of methoxy groups -OCH3 is 1. The Morgan fingerprint density at radius 3 is 2.33 bits per heavy atom. The summed E-state index contributed by atoms with van der Waals surface area (Å²) in [6, 6.07) is 2.86. The molecular weight excluding hydrogens is 532 g/mol. The van der Waals surface area contributed by atoms with Crippen molar-refractivity contribution < 1.29 is 19.3 Å². The molecule has 9 atom stereocenters. The summed E-state index contributed by atoms with van der Waals surface area (Å²) in [7, 11) is 8.12. The molecule has 0 spiro atoms. The lowest BCUT2D eigenvalue weighted by atomic mass is 9.72. The predicted molar refractivity (Wildman–Crippen MR) is 153 cm³/mol. The van der Waals surface area contributed by atoms with Crippen LogP contribution in [0.5, 0.6) is 0 Å². The molecule has 40 heavy (non-hydrogen) atoms. The summed E-state index contributed by atoms with van der Waals surface area (Å²) < 4.78 is 18.2. The molecule has 5 aliphatic heterocycles. The topological polar surface area (TPSA) is 87.9 Å². The van der Waals surface area contributed by atoms with E-state index in [2.05, 4.69) is 51.9 Å². The lowest BCUT2D eigenvalue weighted by Gasteiger charge is -2.53. The highest BCUT2D eigenvalue weighted by atomic mass is 35.5. The minimum atomic E-state index is -0.847. The zero-order valence-electron chi connectivity index (χ0n) is 25.3. The summed E-state index contributed by atoms with van der Waals surface area (Å²) in [6.45, 7) is 9.31. The molecule has 11 heteroatoms. The number of nitriles is 1. The van der Waals surface area contributed by atoms with Gasteiger partial charge in [0.1, 0.15) is 6.23 Å². The van der Waals surface area contributed by atoms with Crippen LogP contribution in [0.2, 0.25) is 0 Å². The van der Waals surface area contributed by atoms with Crippen molar-refractivity contribution in [2.75, 3.05) is 74.1 Å². The van der Waals surface area contributed by atoms with Gasteiger partial charge in [-0.1, -0.05) is 0 Å². The second kappa shape index (κ2) is 12.6. The smallest absolute Gasteiger partial charge is 0.126 e. The fraction of sp³-hybridized carbons (Fsp3) is 0.966. The average Bonchev–Trinajstić information content (AvgIpc) is 3.19. The van der Waals surface area contributed by atoms with E-state index in [-0.39, 0.29) is 41.9 Å². The van der Waals surface area contributed by atoms with Gasteiger partial charge in [0.25, 0.3) is 0 Å². The van der Waals surface area contributed by atoms with Gasteiger partial charge in [0.15, 0.2) is 0 Å². The molecule has 1 N–H and O–H groups in total. The molecule has 5 aliphatic rings. The maximum atomic E-state index is 10.3. The van der Waals surface area contributed by atoms with Crippen molar-refractivity contribution in [2.24, 2.45) is 17.8 Å². The molecule has 0 radical (unpaired) electrons. The number of nitrogens with zero attached hydrogens (tertiary/aromatic N) is 6. The van der Waals surface area contributed by atoms with Crippen LogP contribution in [0.1, 0.15) is 39.5 Å². The van der Waals surface area contributed by atoms with Gasteiger partial charge in [-0.2, -0.15) is 5.26 Å². The molecule has 0 saturated carbocycles. The summed E-state index contributed by atoms with van der Waals surface area (Å²) in [4.78, 5) is 7.25. The summed E-state index contributed by atoms with van der Waals surface area (Å²) >= 11 is 6.56. The number of rotatable bonds is 8. The molecule has 5 rings (SSSR count). The summed E-state index contributed by atoms with van der Waals surface area (Å²) in [5.74, 6) is 0.936. The Morgan fingerprint density at radius 1 is 0.950 bits per heavy atom. The largest absolute Gasteiger partial charge is 0.388 e. The number of fused-ring (bicyclic) bond motifs is 1. The van der Waals surface area contributed by atoms with Gasteiger partial charge in [-0.3, -0.25) is 14.7 Å². The third-order valence-electron chi connectivity index (χ3n) is 9.94. The number of hydrazine groups is 1. The lowest BCUT2D eigenvalue weighted by molar-refractivity contribution is -0.165. The predicted octanol–water partition coefficient (Wildman–Crippen LogP) is 1.49. The molecule has 5 fully saturated rings. The maximum Gasteiger partial charge on any atom is 0.126 e. The molecule has 10 nitrogen and oxygen atoms in total. The molecule has 0 aromatic heterocycles. The number of hydrogen-bond donors (Lipinski definition) is 1. The molecule has 0 amide bonds. The molecule has 0 aliphatic carbocycles. The molecule has 5 heterocycles. The molecule has 0 aromatic carbocycles. The molecule has 0 aromatic rings. The first-order valence-corrected chi connectivity index (χ1v) is 15.6. The van der Waals surface area contributed by atoms with Crippen LogP contribution >= 0.6 is 11.6 Å². The third-order valence-corrected chi connectivity index (χ3v) is 10.3. The van der Waals surface area contributed by atoms with E-state index in [9.17, 15) is 10.4 Å². The van der Waals surface area contributed by atoms with Crippen molar-refractivity contribution in [3.05, 3.63) is 0 Å².